The summed E-state index contributed by atoms with van der Waals surface area (Å²) in [6.45, 7) is 1.97. The average molecular weight is 256 g/mol. The molecule has 0 unspecified atom stereocenters. The lowest BCUT2D eigenvalue weighted by atomic mass is 9.78. The molecule has 0 heterocycles. The van der Waals surface area contributed by atoms with Crippen molar-refractivity contribution in [1.82, 2.24) is 0 Å². The van der Waals surface area contributed by atoms with Gasteiger partial charge in [0, 0.05) is 17.2 Å². The number of nitro benzene ring substituents is 1. The second kappa shape index (κ2) is 4.51. The number of nitro groups is 1. The molecule has 1 aromatic carbocycles. The molecule has 1 aromatic rings. The molecule has 0 aliphatic heterocycles. The molecule has 0 amide bonds. The van der Waals surface area contributed by atoms with Crippen molar-refractivity contribution >= 4 is 11.4 Å². The smallest absolute Gasteiger partial charge is 0.292 e. The normalized spacial score (nSPS) is 17.3. The minimum Gasteiger partial charge on any atom is -0.374 e. The molecule has 0 spiro atoms. The van der Waals surface area contributed by atoms with Gasteiger partial charge in [-0.25, -0.2) is 8.78 Å². The summed E-state index contributed by atoms with van der Waals surface area (Å²) >= 11 is 0. The number of rotatable bonds is 4. The SMILES string of the molecule is CC1(Nc2ccc(C(F)F)cc2[N+](=O)[O-])CCC1. The Labute approximate surface area is 103 Å². The van der Waals surface area contributed by atoms with E-state index in [1.807, 2.05) is 6.92 Å². The fraction of sp³-hybridized carbons (Fsp3) is 0.500. The molecular formula is C12H14F2N2O2. The lowest BCUT2D eigenvalue weighted by Gasteiger charge is -2.39. The number of anilines is 1. The van der Waals surface area contributed by atoms with Crippen LogP contribution in [0.1, 0.15) is 38.2 Å². The maximum absolute atomic E-state index is 12.5. The van der Waals surface area contributed by atoms with Gasteiger partial charge in [0.15, 0.2) is 0 Å². The highest BCUT2D eigenvalue weighted by atomic mass is 19.3. The van der Waals surface area contributed by atoms with E-state index in [9.17, 15) is 18.9 Å². The lowest BCUT2D eigenvalue weighted by Crippen LogP contribution is -2.41. The Hall–Kier alpha value is -1.72. The van der Waals surface area contributed by atoms with Crippen LogP contribution in [0.5, 0.6) is 0 Å². The van der Waals surface area contributed by atoms with Gasteiger partial charge in [0.1, 0.15) is 5.69 Å². The summed E-state index contributed by atoms with van der Waals surface area (Å²) in [7, 11) is 0. The van der Waals surface area contributed by atoms with Gasteiger partial charge in [0.05, 0.1) is 4.92 Å². The minimum atomic E-state index is -2.70. The van der Waals surface area contributed by atoms with Crippen molar-refractivity contribution in [1.29, 1.82) is 0 Å². The molecule has 0 radical (unpaired) electrons. The zero-order chi connectivity index (χ0) is 13.3. The fourth-order valence-corrected chi connectivity index (χ4v) is 2.10. The Morgan fingerprint density at radius 1 is 1.44 bits per heavy atom. The van der Waals surface area contributed by atoms with E-state index in [1.54, 1.807) is 0 Å². The molecule has 0 aromatic heterocycles. The minimum absolute atomic E-state index is 0.156. The molecule has 1 aliphatic carbocycles. The van der Waals surface area contributed by atoms with E-state index in [-0.39, 0.29) is 16.8 Å². The van der Waals surface area contributed by atoms with Crippen LogP contribution in [0.2, 0.25) is 0 Å². The van der Waals surface area contributed by atoms with Crippen molar-refractivity contribution in [2.45, 2.75) is 38.2 Å². The lowest BCUT2D eigenvalue weighted by molar-refractivity contribution is -0.384. The summed E-state index contributed by atoms with van der Waals surface area (Å²) in [6, 6.07) is 3.53. The summed E-state index contributed by atoms with van der Waals surface area (Å²) in [5, 5.41) is 14.0. The van der Waals surface area contributed by atoms with Crippen LogP contribution in [0.25, 0.3) is 0 Å². The summed E-state index contributed by atoms with van der Waals surface area (Å²) in [6.07, 6.45) is 0.241. The predicted molar refractivity (Wildman–Crippen MR) is 63.9 cm³/mol. The van der Waals surface area contributed by atoms with Gasteiger partial charge in [-0.15, -0.1) is 0 Å². The highest BCUT2D eigenvalue weighted by Gasteiger charge is 2.33. The van der Waals surface area contributed by atoms with Gasteiger partial charge in [0.2, 0.25) is 0 Å². The van der Waals surface area contributed by atoms with Crippen molar-refractivity contribution in [3.63, 3.8) is 0 Å². The van der Waals surface area contributed by atoms with Crippen LogP contribution in [0.4, 0.5) is 20.2 Å². The maximum Gasteiger partial charge on any atom is 0.292 e. The number of hydrogen-bond acceptors (Lipinski definition) is 3. The first-order valence-corrected chi connectivity index (χ1v) is 5.76. The monoisotopic (exact) mass is 256 g/mol. The number of nitrogens with one attached hydrogen (secondary N) is 1. The van der Waals surface area contributed by atoms with Gasteiger partial charge in [0.25, 0.3) is 12.1 Å². The molecule has 1 fully saturated rings. The Morgan fingerprint density at radius 3 is 2.56 bits per heavy atom. The number of hydrogen-bond donors (Lipinski definition) is 1. The maximum atomic E-state index is 12.5. The molecule has 1 N–H and O–H groups in total. The van der Waals surface area contributed by atoms with E-state index in [2.05, 4.69) is 5.32 Å². The molecule has 6 heteroatoms. The third kappa shape index (κ3) is 2.42. The van der Waals surface area contributed by atoms with E-state index >= 15 is 0 Å². The Balaban J connectivity index is 2.31. The van der Waals surface area contributed by atoms with Crippen LogP contribution < -0.4 is 5.32 Å². The van der Waals surface area contributed by atoms with Crippen molar-refractivity contribution in [2.75, 3.05) is 5.32 Å². The molecule has 2 rings (SSSR count). The van der Waals surface area contributed by atoms with Crippen LogP contribution in [0.3, 0.4) is 0 Å². The Kier molecular flexibility index (Phi) is 3.19. The standard InChI is InChI=1S/C12H14F2N2O2/c1-12(5-2-6-12)15-9-4-3-8(11(13)14)7-10(9)16(17)18/h3-4,7,11,15H,2,5-6H2,1H3. The molecule has 0 saturated heterocycles. The number of alkyl halides is 2. The number of halogens is 2. The van der Waals surface area contributed by atoms with Crippen molar-refractivity contribution < 1.29 is 13.7 Å². The third-order valence-electron chi connectivity index (χ3n) is 3.36. The average Bonchev–Trinajstić information content (AvgIpc) is 2.26. The highest BCUT2D eigenvalue weighted by molar-refractivity contribution is 5.64. The number of nitrogens with zero attached hydrogens (tertiary/aromatic N) is 1. The van der Waals surface area contributed by atoms with Crippen molar-refractivity contribution in [3.8, 4) is 0 Å². The number of benzene rings is 1. The molecular weight excluding hydrogens is 242 g/mol. The van der Waals surface area contributed by atoms with E-state index in [0.29, 0.717) is 5.69 Å². The van der Waals surface area contributed by atoms with Gasteiger partial charge in [-0.2, -0.15) is 0 Å². The topological polar surface area (TPSA) is 55.2 Å². The van der Waals surface area contributed by atoms with Crippen LogP contribution in [0, 0.1) is 10.1 Å². The molecule has 98 valence electrons. The molecule has 4 nitrogen and oxygen atoms in total. The van der Waals surface area contributed by atoms with Crippen LogP contribution >= 0.6 is 0 Å². The summed E-state index contributed by atoms with van der Waals surface area (Å²) in [5.74, 6) is 0. The molecule has 1 aliphatic rings. The molecule has 18 heavy (non-hydrogen) atoms. The summed E-state index contributed by atoms with van der Waals surface area (Å²) in [5.41, 5.74) is -0.463. The van der Waals surface area contributed by atoms with E-state index in [4.69, 9.17) is 0 Å². The van der Waals surface area contributed by atoms with Crippen molar-refractivity contribution in [2.24, 2.45) is 0 Å². The summed E-state index contributed by atoms with van der Waals surface area (Å²) < 4.78 is 25.0. The van der Waals surface area contributed by atoms with Crippen molar-refractivity contribution in [3.05, 3.63) is 33.9 Å². The fourth-order valence-electron chi connectivity index (χ4n) is 2.10. The Bertz CT molecular complexity index is 473. The first-order valence-electron chi connectivity index (χ1n) is 5.76. The molecule has 1 saturated carbocycles. The predicted octanol–water partition coefficient (Wildman–Crippen LogP) is 3.89. The van der Waals surface area contributed by atoms with Gasteiger partial charge >= 0.3 is 0 Å². The van der Waals surface area contributed by atoms with Gasteiger partial charge in [-0.05, 0) is 32.3 Å². The van der Waals surface area contributed by atoms with Gasteiger partial charge in [-0.3, -0.25) is 10.1 Å². The largest absolute Gasteiger partial charge is 0.374 e. The second-order valence-electron chi connectivity index (χ2n) is 4.87. The van der Waals surface area contributed by atoms with E-state index in [0.717, 1.165) is 25.3 Å². The quantitative estimate of drug-likeness (QED) is 0.656. The highest BCUT2D eigenvalue weighted by Crippen LogP contribution is 2.38. The summed E-state index contributed by atoms with van der Waals surface area (Å²) in [4.78, 5) is 10.3. The first-order chi connectivity index (χ1) is 8.41. The zero-order valence-electron chi connectivity index (χ0n) is 9.95. The van der Waals surface area contributed by atoms with Crippen LogP contribution in [-0.2, 0) is 0 Å². The van der Waals surface area contributed by atoms with Gasteiger partial charge in [-0.1, -0.05) is 6.07 Å². The first kappa shape index (κ1) is 12.7. The third-order valence-corrected chi connectivity index (χ3v) is 3.36. The zero-order valence-corrected chi connectivity index (χ0v) is 9.95. The Morgan fingerprint density at radius 2 is 2.11 bits per heavy atom. The van der Waals surface area contributed by atoms with E-state index < -0.39 is 11.3 Å². The van der Waals surface area contributed by atoms with Crippen LogP contribution in [-0.4, -0.2) is 10.5 Å². The van der Waals surface area contributed by atoms with Crippen LogP contribution in [0.15, 0.2) is 18.2 Å². The molecule has 0 atom stereocenters. The second-order valence-corrected chi connectivity index (χ2v) is 4.87. The van der Waals surface area contributed by atoms with Gasteiger partial charge < -0.3 is 5.32 Å². The van der Waals surface area contributed by atoms with E-state index in [1.165, 1.54) is 12.1 Å². The molecule has 0 bridgehead atoms.